The zero-order chi connectivity index (χ0) is 15.6. The predicted octanol–water partition coefficient (Wildman–Crippen LogP) is 3.50. The van der Waals surface area contributed by atoms with Crippen LogP contribution in [0.25, 0.3) is 11.1 Å². The SMILES string of the molecule is COC(=O)c1c(N)sc(CN(C)C)c1-c1ccc(Cl)cc1. The largest absolute Gasteiger partial charge is 0.465 e. The number of nitrogens with two attached hydrogens (primary N) is 1. The summed E-state index contributed by atoms with van der Waals surface area (Å²) in [7, 11) is 5.30. The number of nitrogens with zero attached hydrogens (tertiary/aromatic N) is 1. The maximum atomic E-state index is 12.1. The van der Waals surface area contributed by atoms with Crippen LogP contribution in [0, 0.1) is 0 Å². The van der Waals surface area contributed by atoms with Gasteiger partial charge < -0.3 is 15.4 Å². The average Bonchev–Trinajstić information content (AvgIpc) is 2.74. The first-order chi connectivity index (χ1) is 9.93. The highest BCUT2D eigenvalue weighted by atomic mass is 35.5. The Morgan fingerprint density at radius 3 is 2.48 bits per heavy atom. The Kier molecular flexibility index (Phi) is 4.88. The van der Waals surface area contributed by atoms with Crippen LogP contribution < -0.4 is 5.73 Å². The molecular weight excluding hydrogens is 308 g/mol. The summed E-state index contributed by atoms with van der Waals surface area (Å²) in [6.45, 7) is 0.698. The highest BCUT2D eigenvalue weighted by Gasteiger charge is 2.24. The summed E-state index contributed by atoms with van der Waals surface area (Å²) in [6.07, 6.45) is 0. The van der Waals surface area contributed by atoms with Crippen LogP contribution in [-0.2, 0) is 11.3 Å². The van der Waals surface area contributed by atoms with Gasteiger partial charge in [0.15, 0.2) is 0 Å². The number of carbonyl (C=O) groups excluding carboxylic acids is 1. The lowest BCUT2D eigenvalue weighted by Crippen LogP contribution is -2.11. The van der Waals surface area contributed by atoms with Crippen molar-refractivity contribution in [3.63, 3.8) is 0 Å². The predicted molar refractivity (Wildman–Crippen MR) is 87.9 cm³/mol. The number of methoxy groups -OCH3 is 1. The number of esters is 1. The first-order valence-electron chi connectivity index (χ1n) is 6.34. The molecule has 0 amide bonds. The molecule has 2 N–H and O–H groups in total. The molecule has 1 aromatic heterocycles. The summed E-state index contributed by atoms with van der Waals surface area (Å²) in [5.41, 5.74) is 8.20. The lowest BCUT2D eigenvalue weighted by atomic mass is 10.0. The molecule has 0 unspecified atom stereocenters. The summed E-state index contributed by atoms with van der Waals surface area (Å²) >= 11 is 7.35. The van der Waals surface area contributed by atoms with Gasteiger partial charge in [0.1, 0.15) is 10.6 Å². The Hall–Kier alpha value is -1.56. The van der Waals surface area contributed by atoms with Gasteiger partial charge in [-0.3, -0.25) is 0 Å². The molecule has 2 aromatic rings. The molecule has 0 aliphatic heterocycles. The van der Waals surface area contributed by atoms with Crippen LogP contribution in [-0.4, -0.2) is 32.1 Å². The van der Waals surface area contributed by atoms with Crippen molar-refractivity contribution in [3.8, 4) is 11.1 Å². The van der Waals surface area contributed by atoms with Crippen LogP contribution in [0.5, 0.6) is 0 Å². The average molecular weight is 325 g/mol. The number of benzene rings is 1. The Balaban J connectivity index is 2.63. The van der Waals surface area contributed by atoms with Crippen molar-refractivity contribution in [2.45, 2.75) is 6.54 Å². The van der Waals surface area contributed by atoms with E-state index >= 15 is 0 Å². The standard InChI is InChI=1S/C15H17ClN2O2S/c1-18(2)8-11-12(9-4-6-10(16)7-5-9)13(14(17)21-11)15(19)20-3/h4-7H,8,17H2,1-3H3. The molecule has 0 spiro atoms. The maximum absolute atomic E-state index is 12.1. The fraction of sp³-hybridized carbons (Fsp3) is 0.267. The van der Waals surface area contributed by atoms with Crippen LogP contribution in [0.3, 0.4) is 0 Å². The Bertz CT molecular complexity index is 650. The number of hydrogen-bond acceptors (Lipinski definition) is 5. The van der Waals surface area contributed by atoms with E-state index in [4.69, 9.17) is 22.1 Å². The number of anilines is 1. The molecular formula is C15H17ClN2O2S. The lowest BCUT2D eigenvalue weighted by Gasteiger charge is -2.11. The molecule has 1 heterocycles. The second-order valence-corrected chi connectivity index (χ2v) is 6.45. The molecule has 0 aliphatic carbocycles. The molecule has 0 saturated heterocycles. The van der Waals surface area contributed by atoms with E-state index in [0.29, 0.717) is 22.1 Å². The molecule has 112 valence electrons. The van der Waals surface area contributed by atoms with E-state index < -0.39 is 5.97 Å². The normalized spacial score (nSPS) is 10.9. The maximum Gasteiger partial charge on any atom is 0.341 e. The monoisotopic (exact) mass is 324 g/mol. The van der Waals surface area contributed by atoms with Crippen molar-refractivity contribution >= 4 is 33.9 Å². The molecule has 0 saturated carbocycles. The van der Waals surface area contributed by atoms with Gasteiger partial charge in [-0.05, 0) is 31.8 Å². The molecule has 6 heteroatoms. The lowest BCUT2D eigenvalue weighted by molar-refractivity contribution is 0.0603. The van der Waals surface area contributed by atoms with Gasteiger partial charge in [0.05, 0.1) is 7.11 Å². The minimum absolute atomic E-state index is 0.418. The van der Waals surface area contributed by atoms with E-state index in [1.54, 1.807) is 12.1 Å². The first-order valence-corrected chi connectivity index (χ1v) is 7.53. The van der Waals surface area contributed by atoms with Gasteiger partial charge in [-0.15, -0.1) is 11.3 Å². The van der Waals surface area contributed by atoms with Crippen molar-refractivity contribution in [2.24, 2.45) is 0 Å². The summed E-state index contributed by atoms with van der Waals surface area (Å²) in [5, 5.41) is 1.12. The zero-order valence-corrected chi connectivity index (χ0v) is 13.7. The quantitative estimate of drug-likeness (QED) is 0.875. The second-order valence-electron chi connectivity index (χ2n) is 4.88. The van der Waals surface area contributed by atoms with Gasteiger partial charge >= 0.3 is 5.97 Å². The van der Waals surface area contributed by atoms with E-state index in [2.05, 4.69) is 0 Å². The third-order valence-electron chi connectivity index (χ3n) is 2.99. The van der Waals surface area contributed by atoms with E-state index in [1.807, 2.05) is 31.1 Å². The third-order valence-corrected chi connectivity index (χ3v) is 4.25. The molecule has 0 atom stereocenters. The van der Waals surface area contributed by atoms with Crippen LogP contribution in [0.1, 0.15) is 15.2 Å². The van der Waals surface area contributed by atoms with Gasteiger partial charge in [-0.2, -0.15) is 0 Å². The Labute approximate surface area is 133 Å². The number of thiophene rings is 1. The van der Waals surface area contributed by atoms with Gasteiger partial charge in [0, 0.05) is 22.0 Å². The summed E-state index contributed by atoms with van der Waals surface area (Å²) in [5.74, 6) is -0.418. The molecule has 0 bridgehead atoms. The topological polar surface area (TPSA) is 55.6 Å². The minimum Gasteiger partial charge on any atom is -0.465 e. The molecule has 4 nitrogen and oxygen atoms in total. The summed E-state index contributed by atoms with van der Waals surface area (Å²) in [4.78, 5) is 15.1. The van der Waals surface area contributed by atoms with Crippen molar-refractivity contribution < 1.29 is 9.53 Å². The van der Waals surface area contributed by atoms with Crippen molar-refractivity contribution in [1.82, 2.24) is 4.90 Å². The second kappa shape index (κ2) is 6.47. The number of hydrogen-bond donors (Lipinski definition) is 1. The first kappa shape index (κ1) is 15.8. The number of carbonyl (C=O) groups is 1. The Morgan fingerprint density at radius 2 is 1.95 bits per heavy atom. The summed E-state index contributed by atoms with van der Waals surface area (Å²) < 4.78 is 4.87. The molecule has 1 aromatic carbocycles. The zero-order valence-electron chi connectivity index (χ0n) is 12.1. The highest BCUT2D eigenvalue weighted by molar-refractivity contribution is 7.17. The third kappa shape index (κ3) is 3.37. The molecule has 2 rings (SSSR count). The molecule has 0 fully saturated rings. The number of nitrogen functional groups attached to an aromatic ring is 1. The smallest absolute Gasteiger partial charge is 0.341 e. The van der Waals surface area contributed by atoms with Gasteiger partial charge in [-0.1, -0.05) is 23.7 Å². The highest BCUT2D eigenvalue weighted by Crippen LogP contribution is 2.40. The van der Waals surface area contributed by atoms with Crippen LogP contribution in [0.2, 0.25) is 5.02 Å². The van der Waals surface area contributed by atoms with Crippen LogP contribution in [0.15, 0.2) is 24.3 Å². The molecule has 0 radical (unpaired) electrons. The minimum atomic E-state index is -0.418. The number of rotatable bonds is 4. The fourth-order valence-electron chi connectivity index (χ4n) is 2.12. The van der Waals surface area contributed by atoms with Crippen LogP contribution >= 0.6 is 22.9 Å². The van der Waals surface area contributed by atoms with E-state index in [-0.39, 0.29) is 0 Å². The van der Waals surface area contributed by atoms with E-state index in [9.17, 15) is 4.79 Å². The number of ether oxygens (including phenoxy) is 1. The van der Waals surface area contributed by atoms with Crippen LogP contribution in [0.4, 0.5) is 5.00 Å². The fourth-order valence-corrected chi connectivity index (χ4v) is 3.45. The van der Waals surface area contributed by atoms with E-state index in [1.165, 1.54) is 18.4 Å². The van der Waals surface area contributed by atoms with Gasteiger partial charge in [0.2, 0.25) is 0 Å². The Morgan fingerprint density at radius 1 is 1.33 bits per heavy atom. The van der Waals surface area contributed by atoms with Gasteiger partial charge in [-0.25, -0.2) is 4.79 Å². The van der Waals surface area contributed by atoms with Crippen molar-refractivity contribution in [2.75, 3.05) is 26.9 Å². The summed E-state index contributed by atoms with van der Waals surface area (Å²) in [6, 6.07) is 7.36. The van der Waals surface area contributed by atoms with E-state index in [0.717, 1.165) is 16.0 Å². The molecule has 0 aliphatic rings. The van der Waals surface area contributed by atoms with Crippen molar-refractivity contribution in [3.05, 3.63) is 39.7 Å². The van der Waals surface area contributed by atoms with Crippen molar-refractivity contribution in [1.29, 1.82) is 0 Å². The molecule has 21 heavy (non-hydrogen) atoms. The number of halogens is 1. The van der Waals surface area contributed by atoms with Gasteiger partial charge in [0.25, 0.3) is 0 Å².